The molecule has 0 spiro atoms. The Balaban J connectivity index is 2.04. The molecule has 0 aliphatic carbocycles. The van der Waals surface area contributed by atoms with E-state index < -0.39 is 0 Å². The first-order chi connectivity index (χ1) is 11.9. The summed E-state index contributed by atoms with van der Waals surface area (Å²) >= 11 is 0. The molecule has 0 aliphatic heterocycles. The van der Waals surface area contributed by atoms with Crippen molar-refractivity contribution in [3.8, 4) is 0 Å². The Hall–Kier alpha value is -2.82. The maximum absolute atomic E-state index is 12.3. The molecule has 132 valence electrons. The van der Waals surface area contributed by atoms with Crippen LogP contribution in [0.2, 0.25) is 0 Å². The molecule has 0 heterocycles. The first kappa shape index (κ1) is 18.5. The van der Waals surface area contributed by atoms with Crippen LogP contribution in [-0.2, 0) is 4.79 Å². The predicted molar refractivity (Wildman–Crippen MR) is 102 cm³/mol. The van der Waals surface area contributed by atoms with E-state index in [0.29, 0.717) is 12.1 Å². The number of carbonyl (C=O) groups excluding carboxylic acids is 2. The number of benzene rings is 2. The van der Waals surface area contributed by atoms with Gasteiger partial charge in [-0.15, -0.1) is 0 Å². The van der Waals surface area contributed by atoms with Gasteiger partial charge in [-0.05, 0) is 56.5 Å². The highest BCUT2D eigenvalue weighted by molar-refractivity contribution is 5.97. The van der Waals surface area contributed by atoms with Crippen LogP contribution >= 0.6 is 0 Å². The van der Waals surface area contributed by atoms with E-state index in [1.807, 2.05) is 52.0 Å². The third-order valence-corrected chi connectivity index (χ3v) is 4.02. The minimum absolute atomic E-state index is 0.120. The number of nitrogens with one attached hydrogen (secondary N) is 3. The van der Waals surface area contributed by atoms with Crippen LogP contribution in [0, 0.1) is 20.8 Å². The summed E-state index contributed by atoms with van der Waals surface area (Å²) < 4.78 is 0. The summed E-state index contributed by atoms with van der Waals surface area (Å²) in [7, 11) is 0. The fraction of sp³-hybridized carbons (Fsp3) is 0.300. The maximum atomic E-state index is 12.3. The van der Waals surface area contributed by atoms with Gasteiger partial charge in [-0.2, -0.15) is 0 Å². The van der Waals surface area contributed by atoms with Gasteiger partial charge in [0.15, 0.2) is 0 Å². The molecular formula is C20H25N3O2. The quantitative estimate of drug-likeness (QED) is 0.755. The molecule has 2 aromatic rings. The second-order valence-electron chi connectivity index (χ2n) is 6.06. The van der Waals surface area contributed by atoms with E-state index in [4.69, 9.17) is 0 Å². The van der Waals surface area contributed by atoms with E-state index in [1.54, 1.807) is 12.1 Å². The van der Waals surface area contributed by atoms with Crippen molar-refractivity contribution in [2.45, 2.75) is 27.7 Å². The number of rotatable bonds is 6. The van der Waals surface area contributed by atoms with Crippen LogP contribution in [0.4, 0.5) is 11.4 Å². The molecule has 0 saturated heterocycles. The zero-order valence-electron chi connectivity index (χ0n) is 15.2. The summed E-state index contributed by atoms with van der Waals surface area (Å²) in [6, 6.07) is 11.3. The molecule has 0 aromatic heterocycles. The Morgan fingerprint density at radius 3 is 2.28 bits per heavy atom. The van der Waals surface area contributed by atoms with Crippen molar-refractivity contribution in [2.24, 2.45) is 0 Å². The van der Waals surface area contributed by atoms with Crippen LogP contribution in [0.15, 0.2) is 36.4 Å². The average molecular weight is 339 g/mol. The van der Waals surface area contributed by atoms with Crippen molar-refractivity contribution in [1.29, 1.82) is 0 Å². The lowest BCUT2D eigenvalue weighted by Crippen LogP contribution is -2.24. The second-order valence-corrected chi connectivity index (χ2v) is 6.06. The minimum atomic E-state index is -0.125. The topological polar surface area (TPSA) is 70.2 Å². The molecule has 0 radical (unpaired) electrons. The molecule has 0 atom stereocenters. The normalized spacial score (nSPS) is 10.2. The van der Waals surface area contributed by atoms with Crippen molar-refractivity contribution in [3.05, 3.63) is 58.7 Å². The lowest BCUT2D eigenvalue weighted by molar-refractivity contribution is -0.114. The standard InChI is InChI=1S/C20H25N3O2/c1-5-21-20(25)16-10-9-13(2)17(11-16)22-12-18(24)23-19-14(3)7-6-8-15(19)4/h6-11,22H,5,12H2,1-4H3,(H,21,25)(H,23,24). The predicted octanol–water partition coefficient (Wildman–Crippen LogP) is 3.41. The molecule has 2 aromatic carbocycles. The van der Waals surface area contributed by atoms with Crippen LogP contribution in [0.3, 0.4) is 0 Å². The summed E-state index contributed by atoms with van der Waals surface area (Å²) in [5.74, 6) is -0.245. The number of carbonyl (C=O) groups is 2. The number of hydrogen-bond acceptors (Lipinski definition) is 3. The van der Waals surface area contributed by atoms with Gasteiger partial charge in [0.25, 0.3) is 5.91 Å². The van der Waals surface area contributed by atoms with Crippen molar-refractivity contribution in [3.63, 3.8) is 0 Å². The van der Waals surface area contributed by atoms with Crippen LogP contribution < -0.4 is 16.0 Å². The molecule has 2 amide bonds. The zero-order valence-corrected chi connectivity index (χ0v) is 15.2. The van der Waals surface area contributed by atoms with E-state index >= 15 is 0 Å². The van der Waals surface area contributed by atoms with Crippen LogP contribution in [0.1, 0.15) is 34.0 Å². The lowest BCUT2D eigenvalue weighted by atomic mass is 10.1. The molecule has 25 heavy (non-hydrogen) atoms. The first-order valence-electron chi connectivity index (χ1n) is 8.41. The number of anilines is 2. The van der Waals surface area contributed by atoms with Crippen molar-refractivity contribution < 1.29 is 9.59 Å². The summed E-state index contributed by atoms with van der Waals surface area (Å²) in [6.45, 7) is 8.46. The minimum Gasteiger partial charge on any atom is -0.376 e. The van der Waals surface area contributed by atoms with Crippen LogP contribution in [-0.4, -0.2) is 24.9 Å². The Kier molecular flexibility index (Phi) is 6.17. The van der Waals surface area contributed by atoms with Crippen molar-refractivity contribution in [2.75, 3.05) is 23.7 Å². The molecule has 0 bridgehead atoms. The summed E-state index contributed by atoms with van der Waals surface area (Å²) in [6.07, 6.45) is 0. The summed E-state index contributed by atoms with van der Waals surface area (Å²) in [4.78, 5) is 24.2. The summed E-state index contributed by atoms with van der Waals surface area (Å²) in [5.41, 5.74) is 5.24. The van der Waals surface area contributed by atoms with Gasteiger partial charge < -0.3 is 16.0 Å². The zero-order chi connectivity index (χ0) is 18.4. The second kappa shape index (κ2) is 8.33. The third-order valence-electron chi connectivity index (χ3n) is 4.02. The van der Waals surface area contributed by atoms with Gasteiger partial charge >= 0.3 is 0 Å². The molecule has 0 aliphatic rings. The van der Waals surface area contributed by atoms with Gasteiger partial charge in [0.05, 0.1) is 6.54 Å². The number of aryl methyl sites for hydroxylation is 3. The van der Waals surface area contributed by atoms with E-state index in [2.05, 4.69) is 16.0 Å². The monoisotopic (exact) mass is 339 g/mol. The Morgan fingerprint density at radius 2 is 1.64 bits per heavy atom. The molecule has 2 rings (SSSR count). The van der Waals surface area contributed by atoms with E-state index in [9.17, 15) is 9.59 Å². The van der Waals surface area contributed by atoms with E-state index in [1.165, 1.54) is 0 Å². The Bertz CT molecular complexity index is 764. The average Bonchev–Trinajstić information content (AvgIpc) is 2.57. The molecule has 5 heteroatoms. The van der Waals surface area contributed by atoms with Crippen molar-refractivity contribution in [1.82, 2.24) is 5.32 Å². The lowest BCUT2D eigenvalue weighted by Gasteiger charge is -2.14. The fourth-order valence-electron chi connectivity index (χ4n) is 2.59. The van der Waals surface area contributed by atoms with Crippen LogP contribution in [0.25, 0.3) is 0 Å². The van der Waals surface area contributed by atoms with E-state index in [-0.39, 0.29) is 18.4 Å². The molecule has 5 nitrogen and oxygen atoms in total. The maximum Gasteiger partial charge on any atom is 0.251 e. The van der Waals surface area contributed by atoms with Gasteiger partial charge in [-0.25, -0.2) is 0 Å². The highest BCUT2D eigenvalue weighted by Gasteiger charge is 2.10. The molecule has 0 saturated carbocycles. The van der Waals surface area contributed by atoms with E-state index in [0.717, 1.165) is 28.1 Å². The molecule has 0 fully saturated rings. The Labute approximate surface area is 148 Å². The number of hydrogen-bond donors (Lipinski definition) is 3. The highest BCUT2D eigenvalue weighted by atomic mass is 16.2. The fourth-order valence-corrected chi connectivity index (χ4v) is 2.59. The molecular weight excluding hydrogens is 314 g/mol. The molecule has 0 unspecified atom stereocenters. The summed E-state index contributed by atoms with van der Waals surface area (Å²) in [5, 5.41) is 8.83. The first-order valence-corrected chi connectivity index (χ1v) is 8.41. The number of para-hydroxylation sites is 1. The van der Waals surface area contributed by atoms with Gasteiger partial charge in [0, 0.05) is 23.5 Å². The SMILES string of the molecule is CCNC(=O)c1ccc(C)c(NCC(=O)Nc2c(C)cccc2C)c1. The Morgan fingerprint density at radius 1 is 0.960 bits per heavy atom. The van der Waals surface area contributed by atoms with Crippen molar-refractivity contribution >= 4 is 23.2 Å². The largest absolute Gasteiger partial charge is 0.376 e. The number of amides is 2. The highest BCUT2D eigenvalue weighted by Crippen LogP contribution is 2.20. The van der Waals surface area contributed by atoms with Crippen LogP contribution in [0.5, 0.6) is 0 Å². The van der Waals surface area contributed by atoms with Gasteiger partial charge in [-0.3, -0.25) is 9.59 Å². The smallest absolute Gasteiger partial charge is 0.251 e. The third kappa shape index (κ3) is 4.83. The van der Waals surface area contributed by atoms with Gasteiger partial charge in [-0.1, -0.05) is 24.3 Å². The molecule has 3 N–H and O–H groups in total. The van der Waals surface area contributed by atoms with Gasteiger partial charge in [0.2, 0.25) is 5.91 Å². The van der Waals surface area contributed by atoms with Gasteiger partial charge in [0.1, 0.15) is 0 Å².